The van der Waals surface area contributed by atoms with E-state index in [1.807, 2.05) is 0 Å². The Morgan fingerprint density at radius 1 is 1.07 bits per heavy atom. The second-order valence-corrected chi connectivity index (χ2v) is 5.52. The van der Waals surface area contributed by atoms with Crippen LogP contribution in [0.25, 0.3) is 33.0 Å². The molecule has 132 valence electrons. The summed E-state index contributed by atoms with van der Waals surface area (Å²) < 4.78 is 29.0. The summed E-state index contributed by atoms with van der Waals surface area (Å²) >= 11 is 0. The summed E-state index contributed by atoms with van der Waals surface area (Å²) in [6.45, 7) is -0.0207. The van der Waals surface area contributed by atoms with Crippen molar-refractivity contribution in [2.45, 2.75) is 6.54 Å². The third-order valence-corrected chi connectivity index (χ3v) is 3.86. The maximum Gasteiger partial charge on any atom is 0.181 e. The lowest BCUT2D eigenvalue weighted by Gasteiger charge is -2.05. The quantitative estimate of drug-likeness (QED) is 0.308. The molecule has 0 amide bonds. The molecule has 27 heavy (non-hydrogen) atoms. The Bertz CT molecular complexity index is 1200. The summed E-state index contributed by atoms with van der Waals surface area (Å²) in [6, 6.07) is 8.92. The van der Waals surface area contributed by atoms with Gasteiger partial charge >= 0.3 is 0 Å². The van der Waals surface area contributed by atoms with Crippen molar-refractivity contribution >= 4 is 16.9 Å². The van der Waals surface area contributed by atoms with Crippen LogP contribution in [0.4, 0.5) is 14.6 Å². The lowest BCUT2D eigenvalue weighted by atomic mass is 10.2. The van der Waals surface area contributed by atoms with E-state index >= 15 is 0 Å². The van der Waals surface area contributed by atoms with Gasteiger partial charge in [-0.1, -0.05) is 12.1 Å². The molecule has 0 spiro atoms. The number of pyridine rings is 1. The monoisotopic (exact) mass is 364 g/mol. The molecular weight excluding hydrogens is 354 g/mol. The van der Waals surface area contributed by atoms with Crippen LogP contribution in [0.15, 0.2) is 53.9 Å². The summed E-state index contributed by atoms with van der Waals surface area (Å²) in [7, 11) is 0. The number of hydrogen-bond donors (Lipinski definition) is 0. The minimum atomic E-state index is -0.930. The third-order valence-electron chi connectivity index (χ3n) is 3.86. The standard InChI is InChI=1S/C17H10F2N8/c18-12-5-1-3-10(14(12)19)9-27-17-11(4-2-7-22-17)15(25-27)16-21-8-6-13(23-16)24-26-20/h1-8H,9H2. The molecule has 0 saturated heterocycles. The van der Waals surface area contributed by atoms with Crippen LogP contribution in [0.5, 0.6) is 0 Å². The molecule has 0 aliphatic rings. The zero-order valence-corrected chi connectivity index (χ0v) is 13.7. The second-order valence-electron chi connectivity index (χ2n) is 5.52. The van der Waals surface area contributed by atoms with Crippen LogP contribution in [-0.4, -0.2) is 24.7 Å². The Labute approximate surface area is 150 Å². The lowest BCUT2D eigenvalue weighted by molar-refractivity contribution is 0.493. The van der Waals surface area contributed by atoms with Gasteiger partial charge in [0, 0.05) is 22.9 Å². The third kappa shape index (κ3) is 3.05. The Morgan fingerprint density at radius 3 is 2.81 bits per heavy atom. The Kier molecular flexibility index (Phi) is 4.15. The van der Waals surface area contributed by atoms with Crippen LogP contribution in [0.2, 0.25) is 0 Å². The molecule has 4 rings (SSSR count). The number of fused-ring (bicyclic) bond motifs is 1. The van der Waals surface area contributed by atoms with Gasteiger partial charge in [0.2, 0.25) is 0 Å². The first-order valence-corrected chi connectivity index (χ1v) is 7.80. The molecule has 3 heterocycles. The number of aromatic nitrogens is 5. The van der Waals surface area contributed by atoms with E-state index in [0.29, 0.717) is 16.7 Å². The van der Waals surface area contributed by atoms with Crippen LogP contribution in [0.3, 0.4) is 0 Å². The normalized spacial score (nSPS) is 10.7. The fourth-order valence-corrected chi connectivity index (χ4v) is 2.68. The average Bonchev–Trinajstić information content (AvgIpc) is 3.05. The van der Waals surface area contributed by atoms with Gasteiger partial charge in [0.25, 0.3) is 0 Å². The molecule has 0 radical (unpaired) electrons. The smallest absolute Gasteiger partial charge is 0.181 e. The zero-order valence-electron chi connectivity index (χ0n) is 13.7. The van der Waals surface area contributed by atoms with Crippen LogP contribution < -0.4 is 0 Å². The molecule has 1 aromatic carbocycles. The molecule has 8 nitrogen and oxygen atoms in total. The van der Waals surface area contributed by atoms with Crippen molar-refractivity contribution in [1.82, 2.24) is 24.7 Å². The first-order valence-electron chi connectivity index (χ1n) is 7.80. The molecule has 0 fully saturated rings. The van der Waals surface area contributed by atoms with Crippen molar-refractivity contribution in [2.24, 2.45) is 5.11 Å². The molecule has 0 atom stereocenters. The summed E-state index contributed by atoms with van der Waals surface area (Å²) in [4.78, 5) is 15.3. The minimum Gasteiger partial charge on any atom is -0.242 e. The summed E-state index contributed by atoms with van der Waals surface area (Å²) in [5.74, 6) is -1.48. The summed E-state index contributed by atoms with van der Waals surface area (Å²) in [5, 5.41) is 8.52. The highest BCUT2D eigenvalue weighted by atomic mass is 19.2. The molecule has 0 saturated carbocycles. The van der Waals surface area contributed by atoms with E-state index in [4.69, 9.17) is 5.53 Å². The molecule has 0 bridgehead atoms. The van der Waals surface area contributed by atoms with Crippen molar-refractivity contribution in [3.05, 3.63) is 76.4 Å². The van der Waals surface area contributed by atoms with Gasteiger partial charge < -0.3 is 0 Å². The van der Waals surface area contributed by atoms with E-state index in [1.54, 1.807) is 18.3 Å². The van der Waals surface area contributed by atoms with Gasteiger partial charge in [-0.3, -0.25) is 0 Å². The molecule has 0 N–H and O–H groups in total. The molecular formula is C17H10F2N8. The Balaban J connectivity index is 1.85. The highest BCUT2D eigenvalue weighted by molar-refractivity contribution is 5.89. The zero-order chi connectivity index (χ0) is 18.8. The van der Waals surface area contributed by atoms with E-state index in [9.17, 15) is 8.78 Å². The van der Waals surface area contributed by atoms with Crippen molar-refractivity contribution in [3.8, 4) is 11.5 Å². The van der Waals surface area contributed by atoms with Gasteiger partial charge in [0.1, 0.15) is 11.5 Å². The summed E-state index contributed by atoms with van der Waals surface area (Å²) in [6.07, 6.45) is 3.02. The van der Waals surface area contributed by atoms with Crippen LogP contribution in [0.1, 0.15) is 5.56 Å². The number of benzene rings is 1. The Hall–Kier alpha value is -3.91. The number of hydrogen-bond acceptors (Lipinski definition) is 5. The number of nitrogens with zero attached hydrogens (tertiary/aromatic N) is 8. The van der Waals surface area contributed by atoms with Gasteiger partial charge in [-0.05, 0) is 34.9 Å². The van der Waals surface area contributed by atoms with Crippen LogP contribution in [-0.2, 0) is 6.54 Å². The predicted octanol–water partition coefficient (Wildman–Crippen LogP) is 4.16. The van der Waals surface area contributed by atoms with Crippen molar-refractivity contribution in [1.29, 1.82) is 0 Å². The molecule has 0 aliphatic heterocycles. The van der Waals surface area contributed by atoms with E-state index < -0.39 is 11.6 Å². The Morgan fingerprint density at radius 2 is 1.96 bits per heavy atom. The molecule has 3 aromatic heterocycles. The number of halogens is 2. The maximum atomic E-state index is 14.0. The topological polar surface area (TPSA) is 105 Å². The van der Waals surface area contributed by atoms with Gasteiger partial charge in [-0.15, -0.1) is 0 Å². The van der Waals surface area contributed by atoms with Crippen molar-refractivity contribution in [2.75, 3.05) is 0 Å². The summed E-state index contributed by atoms with van der Waals surface area (Å²) in [5.41, 5.74) is 9.57. The van der Waals surface area contributed by atoms with Crippen LogP contribution >= 0.6 is 0 Å². The second kappa shape index (κ2) is 6.77. The molecule has 0 aliphatic carbocycles. The van der Waals surface area contributed by atoms with Crippen molar-refractivity contribution in [3.63, 3.8) is 0 Å². The van der Waals surface area contributed by atoms with E-state index in [0.717, 1.165) is 6.07 Å². The van der Waals surface area contributed by atoms with Gasteiger partial charge in [0.05, 0.1) is 11.9 Å². The molecule has 0 unspecified atom stereocenters. The highest BCUT2D eigenvalue weighted by Gasteiger charge is 2.17. The van der Waals surface area contributed by atoms with Gasteiger partial charge in [0.15, 0.2) is 23.1 Å². The predicted molar refractivity (Wildman–Crippen MR) is 92.8 cm³/mol. The SMILES string of the molecule is [N-]=[N+]=Nc1ccnc(-c2nn(Cc3cccc(F)c3F)c3ncccc23)n1. The van der Waals surface area contributed by atoms with E-state index in [-0.39, 0.29) is 23.8 Å². The lowest BCUT2D eigenvalue weighted by Crippen LogP contribution is -2.06. The van der Waals surface area contributed by atoms with Crippen LogP contribution in [0, 0.1) is 11.6 Å². The first kappa shape index (κ1) is 16.6. The highest BCUT2D eigenvalue weighted by Crippen LogP contribution is 2.26. The minimum absolute atomic E-state index is 0.0207. The number of rotatable bonds is 4. The van der Waals surface area contributed by atoms with Gasteiger partial charge in [-0.25, -0.2) is 28.4 Å². The van der Waals surface area contributed by atoms with E-state index in [1.165, 1.54) is 29.1 Å². The fraction of sp³-hybridized carbons (Fsp3) is 0.0588. The molecule has 10 heteroatoms. The first-order chi connectivity index (χ1) is 13.2. The number of azide groups is 1. The van der Waals surface area contributed by atoms with E-state index in [2.05, 4.69) is 30.1 Å². The maximum absolute atomic E-state index is 14.0. The van der Waals surface area contributed by atoms with Crippen molar-refractivity contribution < 1.29 is 8.78 Å². The largest absolute Gasteiger partial charge is 0.242 e. The molecule has 4 aromatic rings. The fourth-order valence-electron chi connectivity index (χ4n) is 2.68. The average molecular weight is 364 g/mol. The van der Waals surface area contributed by atoms with Gasteiger partial charge in [-0.2, -0.15) is 5.10 Å².